The number of hydrogen-bond donors (Lipinski definition) is 1. The maximum atomic E-state index is 5.75. The van der Waals surface area contributed by atoms with Crippen molar-refractivity contribution in [2.75, 3.05) is 44.9 Å². The molecule has 1 aromatic carbocycles. The number of nitrogens with two attached hydrogens (primary N) is 1. The third-order valence-corrected chi connectivity index (χ3v) is 4.37. The summed E-state index contributed by atoms with van der Waals surface area (Å²) in [6.07, 6.45) is 2.62. The van der Waals surface area contributed by atoms with Crippen LogP contribution in [-0.4, -0.2) is 44.8 Å². The van der Waals surface area contributed by atoms with Crippen LogP contribution in [0, 0.1) is 0 Å². The van der Waals surface area contributed by atoms with Crippen molar-refractivity contribution in [3.8, 4) is 0 Å². The first-order chi connectivity index (χ1) is 9.20. The minimum Gasteiger partial charge on any atom is -0.379 e. The lowest BCUT2D eigenvalue weighted by Crippen LogP contribution is -2.41. The van der Waals surface area contributed by atoms with Gasteiger partial charge in [-0.25, -0.2) is 5.84 Å². The molecule has 1 aliphatic heterocycles. The molecule has 1 saturated carbocycles. The predicted molar refractivity (Wildman–Crippen MR) is 77.2 cm³/mol. The van der Waals surface area contributed by atoms with E-state index in [4.69, 9.17) is 10.6 Å². The van der Waals surface area contributed by atoms with Crippen LogP contribution in [0.2, 0.25) is 0 Å². The van der Waals surface area contributed by atoms with Gasteiger partial charge in [-0.15, -0.1) is 0 Å². The molecule has 0 amide bonds. The molecule has 2 aliphatic rings. The lowest BCUT2D eigenvalue weighted by atomic mass is 9.95. The number of nitrogens with zero attached hydrogens (tertiary/aromatic N) is 2. The van der Waals surface area contributed by atoms with Gasteiger partial charge in [0.1, 0.15) is 0 Å². The van der Waals surface area contributed by atoms with Crippen LogP contribution in [0.5, 0.6) is 0 Å². The topological polar surface area (TPSA) is 41.7 Å². The molecule has 104 valence electrons. The van der Waals surface area contributed by atoms with Crippen LogP contribution in [0.1, 0.15) is 18.4 Å². The zero-order valence-corrected chi connectivity index (χ0v) is 11.6. The Morgan fingerprint density at radius 1 is 1.21 bits per heavy atom. The first-order valence-corrected chi connectivity index (χ1v) is 7.09. The van der Waals surface area contributed by atoms with Gasteiger partial charge >= 0.3 is 0 Å². The van der Waals surface area contributed by atoms with Crippen molar-refractivity contribution in [2.45, 2.75) is 18.3 Å². The van der Waals surface area contributed by atoms with E-state index >= 15 is 0 Å². The van der Waals surface area contributed by atoms with E-state index in [2.05, 4.69) is 29.2 Å². The summed E-state index contributed by atoms with van der Waals surface area (Å²) < 4.78 is 5.42. The molecule has 0 atom stereocenters. The third kappa shape index (κ3) is 2.76. The van der Waals surface area contributed by atoms with Crippen LogP contribution in [0.4, 0.5) is 5.69 Å². The Balaban J connectivity index is 1.69. The molecule has 0 spiro atoms. The van der Waals surface area contributed by atoms with E-state index in [9.17, 15) is 0 Å². The molecule has 1 aromatic rings. The summed E-state index contributed by atoms with van der Waals surface area (Å²) in [5, 5.41) is 1.66. The summed E-state index contributed by atoms with van der Waals surface area (Å²) in [4.78, 5) is 2.54. The summed E-state index contributed by atoms with van der Waals surface area (Å²) >= 11 is 0. The molecule has 1 heterocycles. The Morgan fingerprint density at radius 2 is 1.84 bits per heavy atom. The van der Waals surface area contributed by atoms with Crippen molar-refractivity contribution in [2.24, 2.45) is 5.84 Å². The standard InChI is InChI=1S/C15H23N3O/c1-17(16)14-4-2-13(3-5-14)15(6-7-15)12-18-8-10-19-11-9-18/h2-5H,6-12,16H2,1H3. The quantitative estimate of drug-likeness (QED) is 0.656. The van der Waals surface area contributed by atoms with Crippen molar-refractivity contribution in [3.05, 3.63) is 29.8 Å². The Kier molecular flexibility index (Phi) is 3.48. The van der Waals surface area contributed by atoms with Gasteiger partial charge in [0.05, 0.1) is 18.9 Å². The molecule has 0 unspecified atom stereocenters. The second kappa shape index (κ2) is 5.12. The Bertz CT molecular complexity index is 420. The van der Waals surface area contributed by atoms with Gasteiger partial charge < -0.3 is 9.75 Å². The van der Waals surface area contributed by atoms with Crippen molar-refractivity contribution in [1.82, 2.24) is 4.90 Å². The number of benzene rings is 1. The van der Waals surface area contributed by atoms with Gasteiger partial charge in [0.25, 0.3) is 0 Å². The molecule has 0 radical (unpaired) electrons. The highest BCUT2D eigenvalue weighted by molar-refractivity contribution is 5.48. The molecule has 4 nitrogen and oxygen atoms in total. The summed E-state index contributed by atoms with van der Waals surface area (Å²) in [6.45, 7) is 5.09. The first kappa shape index (κ1) is 12.9. The van der Waals surface area contributed by atoms with Crippen LogP contribution in [0.3, 0.4) is 0 Å². The molecule has 4 heteroatoms. The van der Waals surface area contributed by atoms with Gasteiger partial charge in [-0.05, 0) is 30.5 Å². The highest BCUT2D eigenvalue weighted by Crippen LogP contribution is 2.49. The second-order valence-corrected chi connectivity index (χ2v) is 5.83. The van der Waals surface area contributed by atoms with E-state index in [1.807, 2.05) is 7.05 Å². The minimum absolute atomic E-state index is 0.392. The lowest BCUT2D eigenvalue weighted by Gasteiger charge is -2.31. The smallest absolute Gasteiger partial charge is 0.0594 e. The number of ether oxygens (including phenoxy) is 1. The molecule has 3 rings (SSSR count). The van der Waals surface area contributed by atoms with Crippen LogP contribution >= 0.6 is 0 Å². The van der Waals surface area contributed by atoms with E-state index in [0.29, 0.717) is 5.41 Å². The fraction of sp³-hybridized carbons (Fsp3) is 0.600. The van der Waals surface area contributed by atoms with Crippen molar-refractivity contribution >= 4 is 5.69 Å². The molecule has 1 saturated heterocycles. The van der Waals surface area contributed by atoms with Gasteiger partial charge in [0.2, 0.25) is 0 Å². The van der Waals surface area contributed by atoms with Gasteiger partial charge in [0, 0.05) is 32.1 Å². The first-order valence-electron chi connectivity index (χ1n) is 7.09. The van der Waals surface area contributed by atoms with E-state index in [0.717, 1.165) is 32.0 Å². The minimum atomic E-state index is 0.392. The molecule has 1 aliphatic carbocycles. The number of hydrogen-bond acceptors (Lipinski definition) is 4. The maximum Gasteiger partial charge on any atom is 0.0594 e. The Labute approximate surface area is 115 Å². The van der Waals surface area contributed by atoms with E-state index in [-0.39, 0.29) is 0 Å². The SMILES string of the molecule is CN(N)c1ccc(C2(CN3CCOCC3)CC2)cc1. The fourth-order valence-electron chi connectivity index (χ4n) is 2.93. The highest BCUT2D eigenvalue weighted by Gasteiger charge is 2.45. The van der Waals surface area contributed by atoms with Crippen LogP contribution in [0.25, 0.3) is 0 Å². The zero-order valence-electron chi connectivity index (χ0n) is 11.6. The monoisotopic (exact) mass is 261 g/mol. The molecular formula is C15H23N3O. The maximum absolute atomic E-state index is 5.75. The summed E-state index contributed by atoms with van der Waals surface area (Å²) in [7, 11) is 1.87. The fourth-order valence-corrected chi connectivity index (χ4v) is 2.93. The second-order valence-electron chi connectivity index (χ2n) is 5.83. The number of anilines is 1. The molecule has 19 heavy (non-hydrogen) atoms. The van der Waals surface area contributed by atoms with E-state index < -0.39 is 0 Å². The lowest BCUT2D eigenvalue weighted by molar-refractivity contribution is 0.0336. The number of rotatable bonds is 4. The van der Waals surface area contributed by atoms with Crippen LogP contribution in [0.15, 0.2) is 24.3 Å². The molecule has 2 fully saturated rings. The average molecular weight is 261 g/mol. The van der Waals surface area contributed by atoms with E-state index in [1.165, 1.54) is 24.9 Å². The average Bonchev–Trinajstić information content (AvgIpc) is 3.21. The number of morpholine rings is 1. The third-order valence-electron chi connectivity index (χ3n) is 4.37. The van der Waals surface area contributed by atoms with Gasteiger partial charge in [-0.1, -0.05) is 12.1 Å². The summed E-state index contributed by atoms with van der Waals surface area (Å²) in [6, 6.07) is 8.72. The van der Waals surface area contributed by atoms with Crippen molar-refractivity contribution in [1.29, 1.82) is 0 Å². The summed E-state index contributed by atoms with van der Waals surface area (Å²) in [5.74, 6) is 5.75. The van der Waals surface area contributed by atoms with Crippen molar-refractivity contribution in [3.63, 3.8) is 0 Å². The van der Waals surface area contributed by atoms with E-state index in [1.54, 1.807) is 5.01 Å². The van der Waals surface area contributed by atoms with Gasteiger partial charge in [0.15, 0.2) is 0 Å². The molecular weight excluding hydrogens is 238 g/mol. The molecule has 0 aromatic heterocycles. The normalized spacial score (nSPS) is 22.2. The predicted octanol–water partition coefficient (Wildman–Crippen LogP) is 1.36. The summed E-state index contributed by atoms with van der Waals surface area (Å²) in [5.41, 5.74) is 2.92. The van der Waals surface area contributed by atoms with Crippen molar-refractivity contribution < 1.29 is 4.74 Å². The van der Waals surface area contributed by atoms with Gasteiger partial charge in [-0.3, -0.25) is 4.90 Å². The highest BCUT2D eigenvalue weighted by atomic mass is 16.5. The number of hydrazine groups is 1. The van der Waals surface area contributed by atoms with Crippen LogP contribution < -0.4 is 10.9 Å². The molecule has 0 bridgehead atoms. The Morgan fingerprint density at radius 3 is 2.37 bits per heavy atom. The largest absolute Gasteiger partial charge is 0.379 e. The van der Waals surface area contributed by atoms with Crippen LogP contribution in [-0.2, 0) is 10.2 Å². The zero-order chi connectivity index (χ0) is 13.3. The Hall–Kier alpha value is -1.10. The van der Waals surface area contributed by atoms with Gasteiger partial charge in [-0.2, -0.15) is 0 Å². The molecule has 2 N–H and O–H groups in total.